The van der Waals surface area contributed by atoms with Gasteiger partial charge in [0, 0.05) is 13.0 Å². The third kappa shape index (κ3) is 1.87. The second kappa shape index (κ2) is 4.30. The lowest BCUT2D eigenvalue weighted by Gasteiger charge is -2.13. The Balaban J connectivity index is 2.05. The summed E-state index contributed by atoms with van der Waals surface area (Å²) in [5.41, 5.74) is 11.1. The van der Waals surface area contributed by atoms with Gasteiger partial charge in [0.2, 0.25) is 5.95 Å². The van der Waals surface area contributed by atoms with Gasteiger partial charge in [-0.25, -0.2) is 4.98 Å². The van der Waals surface area contributed by atoms with Crippen LogP contribution in [0.25, 0.3) is 11.2 Å². The quantitative estimate of drug-likeness (QED) is 0.507. The van der Waals surface area contributed by atoms with E-state index in [1.165, 1.54) is 6.33 Å². The van der Waals surface area contributed by atoms with Crippen LogP contribution in [0.1, 0.15) is 12.6 Å². The van der Waals surface area contributed by atoms with Gasteiger partial charge in [0.15, 0.2) is 11.2 Å². The van der Waals surface area contributed by atoms with E-state index in [-0.39, 0.29) is 18.0 Å². The van der Waals surface area contributed by atoms with Crippen molar-refractivity contribution < 1.29 is 9.84 Å². The molecule has 0 aromatic carbocycles. The number of rotatable bonds is 2. The minimum Gasteiger partial charge on any atom is -0.390 e. The second-order valence-corrected chi connectivity index (χ2v) is 4.44. The van der Waals surface area contributed by atoms with Gasteiger partial charge in [-0.05, 0) is 0 Å². The van der Waals surface area contributed by atoms with E-state index in [4.69, 9.17) is 16.2 Å². The molecule has 3 atom stereocenters. The van der Waals surface area contributed by atoms with Crippen LogP contribution in [-0.2, 0) is 4.74 Å². The van der Waals surface area contributed by atoms with Crippen LogP contribution in [0.4, 0.5) is 5.95 Å². The average molecular weight is 266 g/mol. The molecule has 3 rings (SSSR count). The minimum atomic E-state index is -0.646. The highest BCUT2D eigenvalue weighted by molar-refractivity contribution is 5.70. The van der Waals surface area contributed by atoms with Crippen molar-refractivity contribution in [2.24, 2.45) is 5.73 Å². The molecule has 102 valence electrons. The van der Waals surface area contributed by atoms with E-state index in [2.05, 4.69) is 15.0 Å². The van der Waals surface area contributed by atoms with E-state index in [1.807, 2.05) is 0 Å². The molecule has 0 bridgehead atoms. The maximum atomic E-state index is 11.7. The summed E-state index contributed by atoms with van der Waals surface area (Å²) < 4.78 is 7.19. The first-order valence-corrected chi connectivity index (χ1v) is 5.86. The summed E-state index contributed by atoms with van der Waals surface area (Å²) in [5, 5.41) is 9.79. The molecule has 1 aliphatic heterocycles. The Morgan fingerprint density at radius 1 is 1.63 bits per heavy atom. The van der Waals surface area contributed by atoms with E-state index >= 15 is 0 Å². The Morgan fingerprint density at radius 2 is 2.42 bits per heavy atom. The van der Waals surface area contributed by atoms with Gasteiger partial charge in [-0.15, -0.1) is 0 Å². The van der Waals surface area contributed by atoms with Crippen LogP contribution in [0.2, 0.25) is 0 Å². The third-order valence-electron chi connectivity index (χ3n) is 3.20. The number of aromatic nitrogens is 4. The van der Waals surface area contributed by atoms with Gasteiger partial charge in [0.1, 0.15) is 6.23 Å². The van der Waals surface area contributed by atoms with Crippen LogP contribution in [0.3, 0.4) is 0 Å². The monoisotopic (exact) mass is 266 g/mol. The summed E-state index contributed by atoms with van der Waals surface area (Å²) in [6, 6.07) is 0. The molecule has 9 nitrogen and oxygen atoms in total. The highest BCUT2D eigenvalue weighted by atomic mass is 16.5. The lowest BCUT2D eigenvalue weighted by Crippen LogP contribution is -2.29. The number of nitrogens with two attached hydrogens (primary N) is 2. The van der Waals surface area contributed by atoms with Crippen molar-refractivity contribution in [2.45, 2.75) is 24.9 Å². The number of nitrogens with one attached hydrogen (secondary N) is 1. The van der Waals surface area contributed by atoms with Crippen molar-refractivity contribution in [1.29, 1.82) is 0 Å². The maximum absolute atomic E-state index is 11.7. The number of imidazole rings is 1. The number of aliphatic hydroxyl groups excluding tert-OH is 1. The molecule has 6 N–H and O–H groups in total. The van der Waals surface area contributed by atoms with Crippen LogP contribution >= 0.6 is 0 Å². The third-order valence-corrected chi connectivity index (χ3v) is 3.20. The summed E-state index contributed by atoms with van der Waals surface area (Å²) in [4.78, 5) is 22.1. The molecule has 1 saturated heterocycles. The second-order valence-electron chi connectivity index (χ2n) is 4.44. The number of ether oxygens (including phenoxy) is 1. The van der Waals surface area contributed by atoms with E-state index < -0.39 is 24.0 Å². The first-order chi connectivity index (χ1) is 9.10. The fourth-order valence-corrected chi connectivity index (χ4v) is 2.25. The average Bonchev–Trinajstić information content (AvgIpc) is 2.92. The Bertz CT molecular complexity index is 665. The summed E-state index contributed by atoms with van der Waals surface area (Å²) >= 11 is 0. The largest absolute Gasteiger partial charge is 0.390 e. The van der Waals surface area contributed by atoms with E-state index in [1.54, 1.807) is 4.57 Å². The molecule has 0 spiro atoms. The zero-order chi connectivity index (χ0) is 13.6. The number of hydrogen-bond acceptors (Lipinski definition) is 7. The Kier molecular flexibility index (Phi) is 2.73. The summed E-state index contributed by atoms with van der Waals surface area (Å²) in [6.45, 7) is 0.223. The zero-order valence-corrected chi connectivity index (χ0v) is 9.98. The number of nitrogen functional groups attached to an aromatic ring is 1. The molecular weight excluding hydrogens is 252 g/mol. The Labute approximate surface area is 107 Å². The van der Waals surface area contributed by atoms with Gasteiger partial charge in [0.25, 0.3) is 5.56 Å². The van der Waals surface area contributed by atoms with Crippen molar-refractivity contribution in [3.63, 3.8) is 0 Å². The number of H-pyrrole nitrogens is 1. The first kappa shape index (κ1) is 12.1. The van der Waals surface area contributed by atoms with Crippen molar-refractivity contribution in [2.75, 3.05) is 12.3 Å². The predicted molar refractivity (Wildman–Crippen MR) is 66.1 cm³/mol. The van der Waals surface area contributed by atoms with E-state index in [9.17, 15) is 9.90 Å². The van der Waals surface area contributed by atoms with E-state index in [0.717, 1.165) is 0 Å². The molecule has 3 heterocycles. The number of nitrogens with zero attached hydrogens (tertiary/aromatic N) is 3. The first-order valence-electron chi connectivity index (χ1n) is 5.86. The Hall–Kier alpha value is -1.97. The van der Waals surface area contributed by atoms with Gasteiger partial charge < -0.3 is 21.3 Å². The number of aliphatic hydroxyl groups is 1. The molecule has 0 radical (unpaired) electrons. The lowest BCUT2D eigenvalue weighted by molar-refractivity contribution is -0.0115. The van der Waals surface area contributed by atoms with Crippen LogP contribution in [0, 0.1) is 0 Å². The van der Waals surface area contributed by atoms with Crippen molar-refractivity contribution in [3.8, 4) is 0 Å². The summed E-state index contributed by atoms with van der Waals surface area (Å²) in [7, 11) is 0. The minimum absolute atomic E-state index is 0.00757. The van der Waals surface area contributed by atoms with Gasteiger partial charge in [-0.1, -0.05) is 0 Å². The molecule has 2 aromatic rings. The predicted octanol–water partition coefficient (Wildman–Crippen LogP) is -1.69. The number of hydrogen-bond donors (Lipinski definition) is 4. The van der Waals surface area contributed by atoms with Crippen LogP contribution in [-0.4, -0.2) is 43.4 Å². The van der Waals surface area contributed by atoms with Crippen LogP contribution < -0.4 is 17.0 Å². The van der Waals surface area contributed by atoms with Crippen LogP contribution in [0.15, 0.2) is 11.1 Å². The molecule has 19 heavy (non-hydrogen) atoms. The van der Waals surface area contributed by atoms with E-state index in [0.29, 0.717) is 12.1 Å². The fraction of sp³-hybridized carbons (Fsp3) is 0.500. The zero-order valence-electron chi connectivity index (χ0n) is 9.98. The number of anilines is 1. The highest BCUT2D eigenvalue weighted by Gasteiger charge is 2.34. The van der Waals surface area contributed by atoms with Crippen LogP contribution in [0.5, 0.6) is 0 Å². The van der Waals surface area contributed by atoms with Crippen molar-refractivity contribution in [1.82, 2.24) is 19.5 Å². The molecule has 1 fully saturated rings. The molecule has 3 unspecified atom stereocenters. The topological polar surface area (TPSA) is 145 Å². The smallest absolute Gasteiger partial charge is 0.280 e. The molecule has 2 aromatic heterocycles. The van der Waals surface area contributed by atoms with Crippen molar-refractivity contribution >= 4 is 17.1 Å². The molecule has 0 saturated carbocycles. The van der Waals surface area contributed by atoms with Crippen molar-refractivity contribution in [3.05, 3.63) is 16.7 Å². The Morgan fingerprint density at radius 3 is 3.11 bits per heavy atom. The molecule has 0 amide bonds. The lowest BCUT2D eigenvalue weighted by atomic mass is 10.2. The van der Waals surface area contributed by atoms with Gasteiger partial charge >= 0.3 is 0 Å². The molecule has 1 aliphatic rings. The van der Waals surface area contributed by atoms with Gasteiger partial charge in [-0.2, -0.15) is 4.98 Å². The summed E-state index contributed by atoms with van der Waals surface area (Å²) in [6.07, 6.45) is 0.278. The standard InChI is InChI=1S/C10H14N6O3/c11-2-5-4(17)1-6(19-5)16-3-13-7-8(16)14-10(12)15-9(7)18/h3-6,17H,1-2,11H2,(H3,12,14,15,18). The summed E-state index contributed by atoms with van der Waals surface area (Å²) in [5.74, 6) is 0.00757. The highest BCUT2D eigenvalue weighted by Crippen LogP contribution is 2.29. The van der Waals surface area contributed by atoms with Gasteiger partial charge in [0.05, 0.1) is 18.5 Å². The maximum Gasteiger partial charge on any atom is 0.280 e. The molecule has 0 aliphatic carbocycles. The molecular formula is C10H14N6O3. The molecule has 9 heteroatoms. The fourth-order valence-electron chi connectivity index (χ4n) is 2.25. The number of aromatic amines is 1. The number of fused-ring (bicyclic) bond motifs is 1. The normalized spacial score (nSPS) is 27.2. The SMILES string of the molecule is NCC1OC(n2cnc3c(=O)[nH]c(N)nc32)CC1O. The van der Waals surface area contributed by atoms with Gasteiger partial charge in [-0.3, -0.25) is 14.3 Å².